The first-order chi connectivity index (χ1) is 11.6. The predicted octanol–water partition coefficient (Wildman–Crippen LogP) is 3.08. The molecule has 0 spiro atoms. The zero-order chi connectivity index (χ0) is 16.7. The van der Waals surface area contributed by atoms with Gasteiger partial charge in [-0.2, -0.15) is 0 Å². The smallest absolute Gasteiger partial charge is 0.253 e. The van der Waals surface area contributed by atoms with Crippen molar-refractivity contribution in [2.24, 2.45) is 0 Å². The largest absolute Gasteiger partial charge is 0.338 e. The van der Waals surface area contributed by atoms with Gasteiger partial charge in [0.1, 0.15) is 18.0 Å². The molecule has 1 aromatic carbocycles. The van der Waals surface area contributed by atoms with Crippen molar-refractivity contribution in [2.45, 2.75) is 44.6 Å². The Labute approximate surface area is 140 Å². The third-order valence-electron chi connectivity index (χ3n) is 5.02. The molecule has 1 unspecified atom stereocenters. The Morgan fingerprint density at radius 3 is 2.88 bits per heavy atom. The molecule has 4 rings (SSSR count). The molecule has 1 saturated carbocycles. The zero-order valence-corrected chi connectivity index (χ0v) is 13.8. The molecule has 2 aromatic rings. The van der Waals surface area contributed by atoms with Crippen LogP contribution in [0.25, 0.3) is 0 Å². The van der Waals surface area contributed by atoms with E-state index in [4.69, 9.17) is 0 Å². The number of aromatic nitrogens is 3. The summed E-state index contributed by atoms with van der Waals surface area (Å²) in [6.07, 6.45) is 6.17. The van der Waals surface area contributed by atoms with Crippen molar-refractivity contribution in [3.63, 3.8) is 0 Å². The lowest BCUT2D eigenvalue weighted by molar-refractivity contribution is 0.0703. The third-order valence-corrected chi connectivity index (χ3v) is 5.02. The Hall–Kier alpha value is -2.24. The lowest BCUT2D eigenvalue weighted by atomic mass is 9.96. The fraction of sp³-hybridized carbons (Fsp3) is 0.500. The molecule has 1 amide bonds. The molecular formula is C18H21FN4O. The number of piperidine rings is 1. The highest BCUT2D eigenvalue weighted by molar-refractivity contribution is 5.94. The van der Waals surface area contributed by atoms with Crippen LogP contribution in [0, 0.1) is 12.7 Å². The first-order valence-corrected chi connectivity index (χ1v) is 8.58. The molecule has 1 aliphatic heterocycles. The zero-order valence-electron chi connectivity index (χ0n) is 13.8. The van der Waals surface area contributed by atoms with Gasteiger partial charge in [-0.25, -0.2) is 4.39 Å². The van der Waals surface area contributed by atoms with E-state index >= 15 is 0 Å². The van der Waals surface area contributed by atoms with E-state index in [2.05, 4.69) is 14.8 Å². The highest BCUT2D eigenvalue weighted by Gasteiger charge is 2.32. The number of carbonyl (C=O) groups excluding carboxylic acids is 1. The van der Waals surface area contributed by atoms with E-state index in [-0.39, 0.29) is 17.6 Å². The number of nitrogens with zero attached hydrogens (tertiary/aromatic N) is 4. The van der Waals surface area contributed by atoms with Gasteiger partial charge in [-0.05, 0) is 56.4 Å². The Kier molecular flexibility index (Phi) is 3.82. The van der Waals surface area contributed by atoms with Crippen LogP contribution >= 0.6 is 0 Å². The molecule has 2 fully saturated rings. The van der Waals surface area contributed by atoms with Crippen molar-refractivity contribution in [2.75, 3.05) is 13.1 Å². The maximum Gasteiger partial charge on any atom is 0.253 e. The van der Waals surface area contributed by atoms with Gasteiger partial charge in [0.2, 0.25) is 0 Å². The summed E-state index contributed by atoms with van der Waals surface area (Å²) in [5.74, 6) is 0.929. The van der Waals surface area contributed by atoms with Gasteiger partial charge in [0.05, 0.1) is 0 Å². The number of aryl methyl sites for hydroxylation is 1. The van der Waals surface area contributed by atoms with Crippen molar-refractivity contribution < 1.29 is 9.18 Å². The summed E-state index contributed by atoms with van der Waals surface area (Å²) in [6.45, 7) is 3.08. The number of benzene rings is 1. The second kappa shape index (κ2) is 6.00. The van der Waals surface area contributed by atoms with Crippen molar-refractivity contribution in [1.82, 2.24) is 19.7 Å². The molecule has 2 heterocycles. The number of rotatable bonds is 3. The standard InChI is InChI=1S/C18H21FN4O/c1-12-9-13(4-7-16(12)19)18(24)22-8-2-3-14(10-22)17-21-20-11-23(17)15-5-6-15/h4,7,9,11,14-15H,2-3,5-6,8,10H2,1H3. The molecule has 0 bridgehead atoms. The third kappa shape index (κ3) is 2.81. The van der Waals surface area contributed by atoms with Gasteiger partial charge < -0.3 is 9.47 Å². The summed E-state index contributed by atoms with van der Waals surface area (Å²) in [4.78, 5) is 14.6. The van der Waals surface area contributed by atoms with Gasteiger partial charge in [-0.15, -0.1) is 10.2 Å². The average molecular weight is 328 g/mol. The van der Waals surface area contributed by atoms with E-state index in [1.54, 1.807) is 19.1 Å². The lowest BCUT2D eigenvalue weighted by Crippen LogP contribution is -2.39. The second-order valence-electron chi connectivity index (χ2n) is 6.88. The molecule has 126 valence electrons. The number of halogens is 1. The molecular weight excluding hydrogens is 307 g/mol. The van der Waals surface area contributed by atoms with Crippen LogP contribution in [0.2, 0.25) is 0 Å². The summed E-state index contributed by atoms with van der Waals surface area (Å²) >= 11 is 0. The van der Waals surface area contributed by atoms with Crippen LogP contribution in [0.3, 0.4) is 0 Å². The minimum Gasteiger partial charge on any atom is -0.338 e. The molecule has 0 radical (unpaired) electrons. The van der Waals surface area contributed by atoms with Gasteiger partial charge >= 0.3 is 0 Å². The highest BCUT2D eigenvalue weighted by atomic mass is 19.1. The summed E-state index contributed by atoms with van der Waals surface area (Å²) in [5.41, 5.74) is 1.06. The Morgan fingerprint density at radius 2 is 2.12 bits per heavy atom. The van der Waals surface area contributed by atoms with Crippen LogP contribution in [0.4, 0.5) is 4.39 Å². The molecule has 1 aliphatic carbocycles. The van der Waals surface area contributed by atoms with Crippen LogP contribution in [0.15, 0.2) is 24.5 Å². The summed E-state index contributed by atoms with van der Waals surface area (Å²) in [6, 6.07) is 5.11. The maximum atomic E-state index is 13.4. The van der Waals surface area contributed by atoms with E-state index in [1.165, 1.54) is 18.9 Å². The van der Waals surface area contributed by atoms with Crippen LogP contribution in [0.1, 0.15) is 59.4 Å². The van der Waals surface area contributed by atoms with Gasteiger partial charge in [0.25, 0.3) is 5.91 Å². The van der Waals surface area contributed by atoms with Gasteiger partial charge in [0, 0.05) is 30.6 Å². The summed E-state index contributed by atoms with van der Waals surface area (Å²) in [5, 5.41) is 8.39. The van der Waals surface area contributed by atoms with Gasteiger partial charge in [-0.3, -0.25) is 4.79 Å². The van der Waals surface area contributed by atoms with Crippen LogP contribution in [0.5, 0.6) is 0 Å². The number of hydrogen-bond donors (Lipinski definition) is 0. The van der Waals surface area contributed by atoms with E-state index in [9.17, 15) is 9.18 Å². The SMILES string of the molecule is Cc1cc(C(=O)N2CCCC(c3nncn3C3CC3)C2)ccc1F. The first-order valence-electron chi connectivity index (χ1n) is 8.58. The highest BCUT2D eigenvalue weighted by Crippen LogP contribution is 2.38. The van der Waals surface area contributed by atoms with E-state index in [1.807, 2.05) is 11.2 Å². The molecule has 24 heavy (non-hydrogen) atoms. The molecule has 2 aliphatic rings. The monoisotopic (exact) mass is 328 g/mol. The molecule has 1 aromatic heterocycles. The van der Waals surface area contributed by atoms with Crippen molar-refractivity contribution in [3.05, 3.63) is 47.3 Å². The average Bonchev–Trinajstić information content (AvgIpc) is 3.33. The minimum absolute atomic E-state index is 0.0275. The normalized spacial score (nSPS) is 21.1. The Bertz CT molecular complexity index is 768. The Balaban J connectivity index is 1.52. The lowest BCUT2D eigenvalue weighted by Gasteiger charge is -2.32. The van der Waals surface area contributed by atoms with Gasteiger partial charge in [-0.1, -0.05) is 0 Å². The second-order valence-corrected chi connectivity index (χ2v) is 6.88. The number of likely N-dealkylation sites (tertiary alicyclic amines) is 1. The Morgan fingerprint density at radius 1 is 1.29 bits per heavy atom. The molecule has 5 nitrogen and oxygen atoms in total. The fourth-order valence-electron chi connectivity index (χ4n) is 3.51. The molecule has 0 N–H and O–H groups in total. The molecule has 1 atom stereocenters. The first kappa shape index (κ1) is 15.3. The van der Waals surface area contributed by atoms with E-state index < -0.39 is 0 Å². The minimum atomic E-state index is -0.277. The predicted molar refractivity (Wildman–Crippen MR) is 87.3 cm³/mol. The molecule has 6 heteroatoms. The fourth-order valence-corrected chi connectivity index (χ4v) is 3.51. The quantitative estimate of drug-likeness (QED) is 0.870. The van der Waals surface area contributed by atoms with Crippen molar-refractivity contribution >= 4 is 5.91 Å². The number of hydrogen-bond acceptors (Lipinski definition) is 3. The summed E-state index contributed by atoms with van der Waals surface area (Å²) < 4.78 is 15.6. The van der Waals surface area contributed by atoms with Crippen LogP contribution in [-0.4, -0.2) is 38.7 Å². The van der Waals surface area contributed by atoms with Crippen LogP contribution in [-0.2, 0) is 0 Å². The maximum absolute atomic E-state index is 13.4. The van der Waals surface area contributed by atoms with E-state index in [0.717, 1.165) is 25.2 Å². The summed E-state index contributed by atoms with van der Waals surface area (Å²) in [7, 11) is 0. The van der Waals surface area contributed by atoms with Crippen molar-refractivity contribution in [1.29, 1.82) is 0 Å². The molecule has 1 saturated heterocycles. The van der Waals surface area contributed by atoms with Crippen molar-refractivity contribution in [3.8, 4) is 0 Å². The topological polar surface area (TPSA) is 51.0 Å². The van der Waals surface area contributed by atoms with E-state index in [0.29, 0.717) is 23.7 Å². The number of carbonyl (C=O) groups is 1. The number of amides is 1. The van der Waals surface area contributed by atoms with Gasteiger partial charge in [0.15, 0.2) is 0 Å². The van der Waals surface area contributed by atoms with Crippen LogP contribution < -0.4 is 0 Å².